The van der Waals surface area contributed by atoms with Gasteiger partial charge in [0.25, 0.3) is 5.91 Å². The van der Waals surface area contributed by atoms with Gasteiger partial charge in [-0.25, -0.2) is 9.48 Å². The molecule has 7 nitrogen and oxygen atoms in total. The Morgan fingerprint density at radius 1 is 1.13 bits per heavy atom. The highest BCUT2D eigenvalue weighted by Gasteiger charge is 2.27. The Hall–Kier alpha value is -3.61. The van der Waals surface area contributed by atoms with Crippen molar-refractivity contribution in [2.75, 3.05) is 18.5 Å². The van der Waals surface area contributed by atoms with E-state index in [9.17, 15) is 9.59 Å². The molecule has 160 valence electrons. The highest BCUT2D eigenvalue weighted by Crippen LogP contribution is 2.29. The van der Waals surface area contributed by atoms with Crippen molar-refractivity contribution in [3.8, 4) is 11.4 Å². The van der Waals surface area contributed by atoms with Gasteiger partial charge in [0.15, 0.2) is 12.3 Å². The SMILES string of the molecule is CCOC(=O)COc1cccc(NC(=O)c2nn(-c3ccc(C)cc3)c3c2CCC3)c1. The Morgan fingerprint density at radius 2 is 1.94 bits per heavy atom. The van der Waals surface area contributed by atoms with E-state index in [0.717, 1.165) is 36.2 Å². The van der Waals surface area contributed by atoms with Gasteiger partial charge < -0.3 is 14.8 Å². The summed E-state index contributed by atoms with van der Waals surface area (Å²) in [6, 6.07) is 15.0. The molecule has 0 saturated carbocycles. The summed E-state index contributed by atoms with van der Waals surface area (Å²) in [5.74, 6) is -0.220. The zero-order valence-electron chi connectivity index (χ0n) is 17.7. The fourth-order valence-electron chi connectivity index (χ4n) is 3.72. The van der Waals surface area contributed by atoms with E-state index < -0.39 is 5.97 Å². The van der Waals surface area contributed by atoms with Crippen LogP contribution in [0.2, 0.25) is 0 Å². The maximum Gasteiger partial charge on any atom is 0.344 e. The lowest BCUT2D eigenvalue weighted by Gasteiger charge is -2.09. The molecule has 0 saturated heterocycles. The van der Waals surface area contributed by atoms with Crippen LogP contribution in [0.1, 0.15) is 40.7 Å². The number of nitrogens with one attached hydrogen (secondary N) is 1. The van der Waals surface area contributed by atoms with E-state index in [-0.39, 0.29) is 12.5 Å². The minimum Gasteiger partial charge on any atom is -0.482 e. The van der Waals surface area contributed by atoms with Gasteiger partial charge in [0.1, 0.15) is 5.75 Å². The van der Waals surface area contributed by atoms with Gasteiger partial charge in [-0.15, -0.1) is 0 Å². The zero-order valence-corrected chi connectivity index (χ0v) is 17.7. The topological polar surface area (TPSA) is 82.4 Å². The van der Waals surface area contributed by atoms with Crippen molar-refractivity contribution < 1.29 is 19.1 Å². The van der Waals surface area contributed by atoms with E-state index in [1.54, 1.807) is 31.2 Å². The van der Waals surface area contributed by atoms with Crippen LogP contribution in [0, 0.1) is 6.92 Å². The molecule has 31 heavy (non-hydrogen) atoms. The summed E-state index contributed by atoms with van der Waals surface area (Å²) in [5, 5.41) is 7.55. The number of amides is 1. The molecule has 0 radical (unpaired) electrons. The normalized spacial score (nSPS) is 12.3. The lowest BCUT2D eigenvalue weighted by atomic mass is 10.2. The van der Waals surface area contributed by atoms with Gasteiger partial charge in [-0.1, -0.05) is 23.8 Å². The van der Waals surface area contributed by atoms with E-state index >= 15 is 0 Å². The molecule has 2 aromatic carbocycles. The number of esters is 1. The summed E-state index contributed by atoms with van der Waals surface area (Å²) in [6.07, 6.45) is 2.75. The minimum atomic E-state index is -0.436. The minimum absolute atomic E-state index is 0.181. The molecular formula is C24H25N3O4. The van der Waals surface area contributed by atoms with Crippen molar-refractivity contribution in [3.63, 3.8) is 0 Å². The van der Waals surface area contributed by atoms with Crippen molar-refractivity contribution >= 4 is 17.6 Å². The summed E-state index contributed by atoms with van der Waals surface area (Å²) in [4.78, 5) is 24.5. The largest absolute Gasteiger partial charge is 0.482 e. The third-order valence-electron chi connectivity index (χ3n) is 5.18. The number of benzene rings is 2. The number of anilines is 1. The van der Waals surface area contributed by atoms with Crippen LogP contribution in [0.5, 0.6) is 5.75 Å². The van der Waals surface area contributed by atoms with Crippen LogP contribution >= 0.6 is 0 Å². The first-order chi connectivity index (χ1) is 15.0. The molecule has 0 fully saturated rings. The first kappa shape index (κ1) is 20.7. The second kappa shape index (κ2) is 9.04. The number of ether oxygens (including phenoxy) is 2. The highest BCUT2D eigenvalue weighted by molar-refractivity contribution is 6.04. The average Bonchev–Trinajstić information content (AvgIpc) is 3.36. The van der Waals surface area contributed by atoms with E-state index in [2.05, 4.69) is 10.4 Å². The molecule has 4 rings (SSSR count). The van der Waals surface area contributed by atoms with Crippen molar-refractivity contribution in [1.82, 2.24) is 9.78 Å². The Labute approximate surface area is 181 Å². The molecule has 0 spiro atoms. The van der Waals surface area contributed by atoms with Gasteiger partial charge in [0, 0.05) is 23.0 Å². The summed E-state index contributed by atoms with van der Waals surface area (Å²) >= 11 is 0. The van der Waals surface area contributed by atoms with Crippen LogP contribution in [-0.4, -0.2) is 34.9 Å². The third-order valence-corrected chi connectivity index (χ3v) is 5.18. The van der Waals surface area contributed by atoms with Crippen molar-refractivity contribution in [1.29, 1.82) is 0 Å². The van der Waals surface area contributed by atoms with Gasteiger partial charge in [-0.2, -0.15) is 5.10 Å². The van der Waals surface area contributed by atoms with Crippen molar-refractivity contribution in [2.45, 2.75) is 33.1 Å². The number of aromatic nitrogens is 2. The quantitative estimate of drug-likeness (QED) is 0.588. The lowest BCUT2D eigenvalue weighted by Crippen LogP contribution is -2.16. The summed E-state index contributed by atoms with van der Waals surface area (Å²) in [5.41, 5.74) is 5.26. The van der Waals surface area contributed by atoms with E-state index in [0.29, 0.717) is 23.7 Å². The molecule has 3 aromatic rings. The van der Waals surface area contributed by atoms with Gasteiger partial charge in [-0.05, 0) is 57.4 Å². The predicted molar refractivity (Wildman–Crippen MR) is 117 cm³/mol. The molecule has 1 amide bonds. The first-order valence-electron chi connectivity index (χ1n) is 10.4. The number of fused-ring (bicyclic) bond motifs is 1. The molecule has 1 N–H and O–H groups in total. The van der Waals surface area contributed by atoms with E-state index in [1.165, 1.54) is 5.56 Å². The standard InChI is InChI=1S/C24H25N3O4/c1-3-30-22(28)15-31-19-7-4-6-17(14-19)25-24(29)23-20-8-5-9-21(20)27(26-23)18-12-10-16(2)11-13-18/h4,6-7,10-14H,3,5,8-9,15H2,1-2H3,(H,25,29). The highest BCUT2D eigenvalue weighted by atomic mass is 16.6. The predicted octanol–water partition coefficient (Wildman–Crippen LogP) is 3.86. The van der Waals surface area contributed by atoms with Crippen LogP contribution < -0.4 is 10.1 Å². The summed E-state index contributed by atoms with van der Waals surface area (Å²) in [6.45, 7) is 3.91. The Kier molecular flexibility index (Phi) is 6.02. The van der Waals surface area contributed by atoms with Crippen molar-refractivity contribution in [2.24, 2.45) is 0 Å². The molecule has 0 unspecified atom stereocenters. The Morgan fingerprint density at radius 3 is 2.71 bits per heavy atom. The second-order valence-electron chi connectivity index (χ2n) is 7.45. The Bertz CT molecular complexity index is 1100. The number of aryl methyl sites for hydroxylation is 1. The van der Waals surface area contributed by atoms with Gasteiger partial charge in [-0.3, -0.25) is 4.79 Å². The van der Waals surface area contributed by atoms with Crippen molar-refractivity contribution in [3.05, 3.63) is 71.0 Å². The molecular weight excluding hydrogens is 394 g/mol. The van der Waals surface area contributed by atoms with Gasteiger partial charge in [0.2, 0.25) is 0 Å². The number of carbonyl (C=O) groups is 2. The smallest absolute Gasteiger partial charge is 0.344 e. The van der Waals surface area contributed by atoms with E-state index in [1.807, 2.05) is 35.9 Å². The summed E-state index contributed by atoms with van der Waals surface area (Å²) < 4.78 is 12.2. The molecule has 7 heteroatoms. The molecule has 0 atom stereocenters. The number of nitrogens with zero attached hydrogens (tertiary/aromatic N) is 2. The van der Waals surface area contributed by atoms with Crippen LogP contribution in [0.4, 0.5) is 5.69 Å². The maximum atomic E-state index is 13.0. The van der Waals surface area contributed by atoms with Gasteiger partial charge >= 0.3 is 5.97 Å². The number of rotatable bonds is 7. The number of carbonyl (C=O) groups excluding carboxylic acids is 2. The summed E-state index contributed by atoms with van der Waals surface area (Å²) in [7, 11) is 0. The number of hydrogen-bond donors (Lipinski definition) is 1. The lowest BCUT2D eigenvalue weighted by molar-refractivity contribution is -0.145. The molecule has 0 aliphatic heterocycles. The maximum absolute atomic E-state index is 13.0. The zero-order chi connectivity index (χ0) is 21.8. The number of hydrogen-bond acceptors (Lipinski definition) is 5. The van der Waals surface area contributed by atoms with Crippen LogP contribution in [0.15, 0.2) is 48.5 Å². The molecule has 1 heterocycles. The third kappa shape index (κ3) is 4.60. The first-order valence-corrected chi connectivity index (χ1v) is 10.4. The molecule has 1 aliphatic rings. The van der Waals surface area contributed by atoms with Crippen LogP contribution in [-0.2, 0) is 22.4 Å². The Balaban J connectivity index is 1.52. The average molecular weight is 419 g/mol. The molecule has 0 bridgehead atoms. The fourth-order valence-corrected chi connectivity index (χ4v) is 3.72. The monoisotopic (exact) mass is 419 g/mol. The molecule has 1 aliphatic carbocycles. The van der Waals surface area contributed by atoms with Crippen LogP contribution in [0.25, 0.3) is 5.69 Å². The molecule has 1 aromatic heterocycles. The second-order valence-corrected chi connectivity index (χ2v) is 7.45. The fraction of sp³-hybridized carbons (Fsp3) is 0.292. The van der Waals surface area contributed by atoms with Gasteiger partial charge in [0.05, 0.1) is 12.3 Å². The van der Waals surface area contributed by atoms with E-state index in [4.69, 9.17) is 9.47 Å². The van der Waals surface area contributed by atoms with Crippen LogP contribution in [0.3, 0.4) is 0 Å².